The number of aryl methyl sites for hydroxylation is 1. The van der Waals surface area contributed by atoms with Crippen molar-refractivity contribution in [2.75, 3.05) is 0 Å². The fourth-order valence-electron chi connectivity index (χ4n) is 1.16. The zero-order chi connectivity index (χ0) is 10.3. The first-order chi connectivity index (χ1) is 6.48. The van der Waals surface area contributed by atoms with Crippen LogP contribution in [0.5, 0.6) is 0 Å². The van der Waals surface area contributed by atoms with Crippen molar-refractivity contribution < 1.29 is 8.42 Å². The molecule has 1 heterocycles. The number of fused-ring (bicyclic) bond motifs is 1. The van der Waals surface area contributed by atoms with Gasteiger partial charge in [0.1, 0.15) is 5.52 Å². The Kier molecular flexibility index (Phi) is 1.97. The summed E-state index contributed by atoms with van der Waals surface area (Å²) in [5.74, 6) is 0. The van der Waals surface area contributed by atoms with Crippen LogP contribution in [0.4, 0.5) is 0 Å². The van der Waals surface area contributed by atoms with Crippen molar-refractivity contribution >= 4 is 30.8 Å². The zero-order valence-electron chi connectivity index (χ0n) is 7.18. The first-order valence-corrected chi connectivity index (χ1v) is 6.03. The number of hydrogen-bond acceptors (Lipinski definition) is 4. The van der Waals surface area contributed by atoms with E-state index >= 15 is 0 Å². The van der Waals surface area contributed by atoms with Crippen LogP contribution in [0.25, 0.3) is 11.0 Å². The number of rotatable bonds is 1. The van der Waals surface area contributed by atoms with Gasteiger partial charge in [-0.25, -0.2) is 13.1 Å². The van der Waals surface area contributed by atoms with E-state index in [1.807, 2.05) is 0 Å². The van der Waals surface area contributed by atoms with Crippen molar-refractivity contribution in [3.63, 3.8) is 0 Å². The second kappa shape index (κ2) is 2.93. The van der Waals surface area contributed by atoms with Crippen LogP contribution in [0.15, 0.2) is 23.1 Å². The molecule has 0 aliphatic heterocycles. The number of halogens is 1. The van der Waals surface area contributed by atoms with E-state index in [2.05, 4.69) is 10.3 Å². The normalized spacial score (nSPS) is 12.1. The van der Waals surface area contributed by atoms with E-state index in [-0.39, 0.29) is 4.90 Å². The molecule has 2 aromatic rings. The van der Waals surface area contributed by atoms with Crippen LogP contribution >= 0.6 is 10.7 Å². The summed E-state index contributed by atoms with van der Waals surface area (Å²) in [5.41, 5.74) is 1.27. The highest BCUT2D eigenvalue weighted by Crippen LogP contribution is 2.19. The fraction of sp³-hybridized carbons (Fsp3) is 0.143. The SMILES string of the molecule is Cn1nnc2ccc(S(=O)(=O)Cl)cc21. The second-order valence-electron chi connectivity index (χ2n) is 2.80. The van der Waals surface area contributed by atoms with Crippen molar-refractivity contribution in [2.45, 2.75) is 4.90 Å². The van der Waals surface area contributed by atoms with Crippen molar-refractivity contribution in [3.8, 4) is 0 Å². The molecule has 14 heavy (non-hydrogen) atoms. The molecule has 0 saturated carbocycles. The van der Waals surface area contributed by atoms with Crippen LogP contribution in [0.2, 0.25) is 0 Å². The van der Waals surface area contributed by atoms with Crippen molar-refractivity contribution in [3.05, 3.63) is 18.2 Å². The van der Waals surface area contributed by atoms with E-state index in [0.717, 1.165) is 0 Å². The van der Waals surface area contributed by atoms with Crippen molar-refractivity contribution in [1.82, 2.24) is 15.0 Å². The van der Waals surface area contributed by atoms with E-state index in [9.17, 15) is 8.42 Å². The standard InChI is InChI=1S/C7H6ClN3O2S/c1-11-7-4-5(14(8,12)13)2-3-6(7)9-10-11/h2-4H,1H3. The lowest BCUT2D eigenvalue weighted by Crippen LogP contribution is -1.93. The largest absolute Gasteiger partial charge is 0.261 e. The first kappa shape index (κ1) is 9.42. The van der Waals surface area contributed by atoms with E-state index in [4.69, 9.17) is 10.7 Å². The average molecular weight is 232 g/mol. The van der Waals surface area contributed by atoms with Crippen LogP contribution in [0.3, 0.4) is 0 Å². The molecular weight excluding hydrogens is 226 g/mol. The van der Waals surface area contributed by atoms with Crippen LogP contribution < -0.4 is 0 Å². The quantitative estimate of drug-likeness (QED) is 0.684. The lowest BCUT2D eigenvalue weighted by molar-refractivity contribution is 0.609. The minimum absolute atomic E-state index is 0.0528. The van der Waals surface area contributed by atoms with E-state index < -0.39 is 9.05 Å². The summed E-state index contributed by atoms with van der Waals surface area (Å²) < 4.78 is 23.5. The monoisotopic (exact) mass is 231 g/mol. The Balaban J connectivity index is 2.79. The summed E-state index contributed by atoms with van der Waals surface area (Å²) in [5, 5.41) is 7.56. The van der Waals surface area contributed by atoms with Crippen LogP contribution in [0, 0.1) is 0 Å². The molecule has 0 aliphatic carbocycles. The van der Waals surface area contributed by atoms with Gasteiger partial charge in [0, 0.05) is 17.7 Å². The Bertz CT molecular complexity index is 590. The molecule has 0 saturated heterocycles. The maximum absolute atomic E-state index is 11.0. The zero-order valence-corrected chi connectivity index (χ0v) is 8.75. The van der Waals surface area contributed by atoms with Gasteiger partial charge in [-0.15, -0.1) is 5.10 Å². The highest BCUT2D eigenvalue weighted by molar-refractivity contribution is 8.13. The number of aromatic nitrogens is 3. The van der Waals surface area contributed by atoms with Crippen LogP contribution in [-0.4, -0.2) is 23.4 Å². The highest BCUT2D eigenvalue weighted by Gasteiger charge is 2.12. The van der Waals surface area contributed by atoms with Gasteiger partial charge in [0.05, 0.1) is 10.4 Å². The average Bonchev–Trinajstić information content (AvgIpc) is 2.46. The van der Waals surface area contributed by atoms with Gasteiger partial charge in [-0.05, 0) is 18.2 Å². The molecule has 0 N–H and O–H groups in total. The Morgan fingerprint density at radius 2 is 2.14 bits per heavy atom. The van der Waals surface area contributed by atoms with Gasteiger partial charge >= 0.3 is 0 Å². The van der Waals surface area contributed by atoms with Gasteiger partial charge in [0.15, 0.2) is 0 Å². The summed E-state index contributed by atoms with van der Waals surface area (Å²) >= 11 is 0. The Hall–Kier alpha value is -1.14. The summed E-state index contributed by atoms with van der Waals surface area (Å²) in [7, 11) is 3.20. The van der Waals surface area contributed by atoms with Crippen molar-refractivity contribution in [1.29, 1.82) is 0 Å². The molecule has 0 unspecified atom stereocenters. The number of benzene rings is 1. The number of nitrogens with zero attached hydrogens (tertiary/aromatic N) is 3. The molecule has 0 bridgehead atoms. The molecule has 0 aliphatic rings. The minimum atomic E-state index is -3.69. The summed E-state index contributed by atoms with van der Waals surface area (Å²) in [6.45, 7) is 0. The second-order valence-corrected chi connectivity index (χ2v) is 5.37. The minimum Gasteiger partial charge on any atom is -0.248 e. The summed E-state index contributed by atoms with van der Waals surface area (Å²) in [6, 6.07) is 4.41. The van der Waals surface area contributed by atoms with E-state index in [1.165, 1.54) is 16.8 Å². The summed E-state index contributed by atoms with van der Waals surface area (Å²) in [4.78, 5) is 0.0528. The molecule has 0 radical (unpaired) electrons. The lowest BCUT2D eigenvalue weighted by Gasteiger charge is -1.96. The molecule has 74 valence electrons. The number of hydrogen-bond donors (Lipinski definition) is 0. The predicted octanol–water partition coefficient (Wildman–Crippen LogP) is 0.896. The smallest absolute Gasteiger partial charge is 0.248 e. The molecule has 2 rings (SSSR count). The van der Waals surface area contributed by atoms with Gasteiger partial charge < -0.3 is 0 Å². The maximum atomic E-state index is 11.0. The Morgan fingerprint density at radius 3 is 2.79 bits per heavy atom. The van der Waals surface area contributed by atoms with Crippen molar-refractivity contribution in [2.24, 2.45) is 7.05 Å². The van der Waals surface area contributed by atoms with Crippen LogP contribution in [-0.2, 0) is 16.1 Å². The summed E-state index contributed by atoms with van der Waals surface area (Å²) in [6.07, 6.45) is 0. The van der Waals surface area contributed by atoms with Gasteiger partial charge in [0.25, 0.3) is 9.05 Å². The highest BCUT2D eigenvalue weighted by atomic mass is 35.7. The van der Waals surface area contributed by atoms with Crippen LogP contribution in [0.1, 0.15) is 0 Å². The van der Waals surface area contributed by atoms with E-state index in [0.29, 0.717) is 11.0 Å². The van der Waals surface area contributed by atoms with Gasteiger partial charge in [-0.2, -0.15) is 0 Å². The van der Waals surface area contributed by atoms with Gasteiger partial charge in [-0.3, -0.25) is 0 Å². The third-order valence-electron chi connectivity index (χ3n) is 1.86. The third kappa shape index (κ3) is 1.46. The lowest BCUT2D eigenvalue weighted by atomic mass is 10.3. The molecule has 0 spiro atoms. The molecule has 1 aromatic heterocycles. The first-order valence-electron chi connectivity index (χ1n) is 3.72. The molecule has 5 nitrogen and oxygen atoms in total. The van der Waals surface area contributed by atoms with Gasteiger partial charge in [0.2, 0.25) is 0 Å². The molecule has 0 atom stereocenters. The molecule has 0 amide bonds. The molecule has 7 heteroatoms. The molecule has 1 aromatic carbocycles. The fourth-order valence-corrected chi connectivity index (χ4v) is 1.93. The Labute approximate surface area is 84.7 Å². The topological polar surface area (TPSA) is 64.8 Å². The molecular formula is C7H6ClN3O2S. The molecule has 0 fully saturated rings. The Morgan fingerprint density at radius 1 is 1.43 bits per heavy atom. The third-order valence-corrected chi connectivity index (χ3v) is 3.22. The maximum Gasteiger partial charge on any atom is 0.261 e. The van der Waals surface area contributed by atoms with Gasteiger partial charge in [-0.1, -0.05) is 5.21 Å². The van der Waals surface area contributed by atoms with E-state index in [1.54, 1.807) is 13.1 Å². The predicted molar refractivity (Wildman–Crippen MR) is 51.5 cm³/mol.